The molecule has 0 bridgehead atoms. The lowest BCUT2D eigenvalue weighted by molar-refractivity contribution is -0.119. The number of esters is 1. The van der Waals surface area contributed by atoms with Gasteiger partial charge < -0.3 is 10.5 Å². The summed E-state index contributed by atoms with van der Waals surface area (Å²) >= 11 is 13.0. The molecule has 6 nitrogen and oxygen atoms in total. The molecule has 0 unspecified atom stereocenters. The van der Waals surface area contributed by atoms with Gasteiger partial charge in [0.1, 0.15) is 0 Å². The fraction of sp³-hybridized carbons (Fsp3) is 0.214. The second-order valence-electron chi connectivity index (χ2n) is 4.63. The topological polar surface area (TPSA) is 94.3 Å². The van der Waals surface area contributed by atoms with Gasteiger partial charge in [-0.05, 0) is 26.0 Å². The zero-order chi connectivity index (χ0) is 17.1. The lowest BCUT2D eigenvalue weighted by Crippen LogP contribution is -2.21. The second kappa shape index (κ2) is 7.16. The predicted octanol–water partition coefficient (Wildman–Crippen LogP) is 3.44. The number of nitrogens with one attached hydrogen (secondary N) is 1. The van der Waals surface area contributed by atoms with Crippen molar-refractivity contribution in [3.05, 3.63) is 38.3 Å². The Balaban J connectivity index is 1.97. The number of hydrogen-bond acceptors (Lipinski definition) is 6. The molecule has 0 radical (unpaired) electrons. The summed E-state index contributed by atoms with van der Waals surface area (Å²) in [4.78, 5) is 28.9. The van der Waals surface area contributed by atoms with Crippen molar-refractivity contribution in [3.8, 4) is 0 Å². The average Bonchev–Trinajstić information content (AvgIpc) is 2.78. The maximum absolute atomic E-state index is 12.0. The van der Waals surface area contributed by atoms with Crippen LogP contribution in [0.15, 0.2) is 12.1 Å². The second-order valence-corrected chi connectivity index (χ2v) is 6.68. The molecule has 0 aliphatic rings. The summed E-state index contributed by atoms with van der Waals surface area (Å²) in [6, 6.07) is 2.74. The summed E-state index contributed by atoms with van der Waals surface area (Å²) in [6.45, 7) is 3.27. The maximum Gasteiger partial charge on any atom is 0.340 e. The van der Waals surface area contributed by atoms with E-state index in [1.807, 2.05) is 13.8 Å². The molecule has 122 valence electrons. The number of ether oxygens (including phenoxy) is 1. The van der Waals surface area contributed by atoms with E-state index >= 15 is 0 Å². The van der Waals surface area contributed by atoms with Gasteiger partial charge in [-0.2, -0.15) is 0 Å². The molecule has 2 rings (SSSR count). The Bertz CT molecular complexity index is 757. The van der Waals surface area contributed by atoms with Crippen molar-refractivity contribution >= 4 is 57.2 Å². The van der Waals surface area contributed by atoms with Gasteiger partial charge in [0, 0.05) is 9.90 Å². The van der Waals surface area contributed by atoms with Crippen LogP contribution in [0, 0.1) is 13.8 Å². The summed E-state index contributed by atoms with van der Waals surface area (Å²) in [5.41, 5.74) is 6.60. The minimum Gasteiger partial charge on any atom is -0.452 e. The molecule has 0 atom stereocenters. The fourth-order valence-corrected chi connectivity index (χ4v) is 2.97. The predicted molar refractivity (Wildman–Crippen MR) is 91.4 cm³/mol. The zero-order valence-corrected chi connectivity index (χ0v) is 14.6. The highest BCUT2D eigenvalue weighted by molar-refractivity contribution is 7.15. The van der Waals surface area contributed by atoms with E-state index in [4.69, 9.17) is 33.7 Å². The molecule has 0 fully saturated rings. The number of aromatic nitrogens is 1. The summed E-state index contributed by atoms with van der Waals surface area (Å²) < 4.78 is 4.92. The molecule has 0 aliphatic carbocycles. The summed E-state index contributed by atoms with van der Waals surface area (Å²) in [6.07, 6.45) is 0. The number of carbonyl (C=O) groups is 2. The van der Waals surface area contributed by atoms with Crippen LogP contribution in [0.25, 0.3) is 0 Å². The van der Waals surface area contributed by atoms with E-state index in [2.05, 4.69) is 10.3 Å². The number of thiazole rings is 1. The third-order valence-corrected chi connectivity index (χ3v) is 4.44. The van der Waals surface area contributed by atoms with Gasteiger partial charge in [0.15, 0.2) is 11.7 Å². The van der Waals surface area contributed by atoms with Crippen LogP contribution in [-0.4, -0.2) is 23.5 Å². The molecular formula is C14H13Cl2N3O3S. The number of aryl methyl sites for hydroxylation is 2. The molecule has 23 heavy (non-hydrogen) atoms. The lowest BCUT2D eigenvalue weighted by Gasteiger charge is -2.08. The van der Waals surface area contributed by atoms with Crippen LogP contribution in [-0.2, 0) is 9.53 Å². The van der Waals surface area contributed by atoms with E-state index in [0.29, 0.717) is 5.13 Å². The normalized spacial score (nSPS) is 10.4. The third-order valence-electron chi connectivity index (χ3n) is 2.92. The molecule has 1 amide bonds. The first-order chi connectivity index (χ1) is 10.8. The van der Waals surface area contributed by atoms with Crippen molar-refractivity contribution in [2.75, 3.05) is 17.7 Å². The zero-order valence-electron chi connectivity index (χ0n) is 12.3. The van der Waals surface area contributed by atoms with Gasteiger partial charge in [0.2, 0.25) is 0 Å². The first-order valence-electron chi connectivity index (χ1n) is 6.43. The quantitative estimate of drug-likeness (QED) is 0.632. The highest BCUT2D eigenvalue weighted by Gasteiger charge is 2.17. The summed E-state index contributed by atoms with van der Waals surface area (Å²) in [5, 5.41) is 3.39. The number of carbonyl (C=O) groups excluding carboxylic acids is 2. The maximum atomic E-state index is 12.0. The van der Waals surface area contributed by atoms with Gasteiger partial charge in [-0.25, -0.2) is 9.78 Å². The highest BCUT2D eigenvalue weighted by atomic mass is 35.5. The molecule has 1 aromatic carbocycles. The Morgan fingerprint density at radius 1 is 1.35 bits per heavy atom. The van der Waals surface area contributed by atoms with Crippen molar-refractivity contribution in [2.24, 2.45) is 0 Å². The Labute approximate surface area is 146 Å². The van der Waals surface area contributed by atoms with Crippen LogP contribution in [0.5, 0.6) is 0 Å². The van der Waals surface area contributed by atoms with Crippen molar-refractivity contribution in [3.63, 3.8) is 0 Å². The molecule has 0 aliphatic heterocycles. The molecule has 2 aromatic rings. The number of benzene rings is 1. The number of anilines is 2. The van der Waals surface area contributed by atoms with Crippen LogP contribution >= 0.6 is 34.5 Å². The molecule has 0 saturated carbocycles. The molecule has 0 saturated heterocycles. The largest absolute Gasteiger partial charge is 0.452 e. The minimum absolute atomic E-state index is 0.0104. The monoisotopic (exact) mass is 373 g/mol. The van der Waals surface area contributed by atoms with Crippen molar-refractivity contribution in [2.45, 2.75) is 13.8 Å². The first kappa shape index (κ1) is 17.5. The Morgan fingerprint density at radius 2 is 2.04 bits per heavy atom. The van der Waals surface area contributed by atoms with E-state index in [0.717, 1.165) is 10.6 Å². The van der Waals surface area contributed by atoms with Crippen molar-refractivity contribution in [1.29, 1.82) is 0 Å². The highest BCUT2D eigenvalue weighted by Crippen LogP contribution is 2.28. The van der Waals surface area contributed by atoms with E-state index in [1.165, 1.54) is 23.5 Å². The van der Waals surface area contributed by atoms with Crippen LogP contribution < -0.4 is 11.1 Å². The van der Waals surface area contributed by atoms with E-state index in [9.17, 15) is 9.59 Å². The number of hydrogen-bond donors (Lipinski definition) is 2. The van der Waals surface area contributed by atoms with Crippen LogP contribution in [0.1, 0.15) is 20.9 Å². The molecule has 9 heteroatoms. The number of rotatable bonds is 4. The lowest BCUT2D eigenvalue weighted by atomic mass is 10.2. The Morgan fingerprint density at radius 3 is 2.65 bits per heavy atom. The van der Waals surface area contributed by atoms with Gasteiger partial charge in [0.05, 0.1) is 22.0 Å². The Hall–Kier alpha value is -1.83. The van der Waals surface area contributed by atoms with Gasteiger partial charge >= 0.3 is 5.97 Å². The fourth-order valence-electron chi connectivity index (χ4n) is 1.64. The van der Waals surface area contributed by atoms with Crippen LogP contribution in [0.2, 0.25) is 10.0 Å². The number of amides is 1. The van der Waals surface area contributed by atoms with Crippen molar-refractivity contribution < 1.29 is 14.3 Å². The van der Waals surface area contributed by atoms with Gasteiger partial charge in [-0.1, -0.05) is 23.2 Å². The van der Waals surface area contributed by atoms with Gasteiger partial charge in [-0.15, -0.1) is 11.3 Å². The average molecular weight is 374 g/mol. The summed E-state index contributed by atoms with van der Waals surface area (Å²) in [7, 11) is 0. The number of halogens is 2. The molecule has 1 heterocycles. The van der Waals surface area contributed by atoms with E-state index in [1.54, 1.807) is 0 Å². The van der Waals surface area contributed by atoms with Crippen LogP contribution in [0.3, 0.4) is 0 Å². The number of nitrogens with zero attached hydrogens (tertiary/aromatic N) is 1. The SMILES string of the molecule is Cc1nc(NC(=O)COC(=O)c2cc(Cl)cc(Cl)c2N)sc1C. The standard InChI is InChI=1S/C14H13Cl2N3O3S/c1-6-7(2)23-14(18-6)19-11(20)5-22-13(21)9-3-8(15)4-10(16)12(9)17/h3-4H,5,17H2,1-2H3,(H,18,19,20). The first-order valence-corrected chi connectivity index (χ1v) is 8.00. The third kappa shape index (κ3) is 4.34. The molecule has 1 aromatic heterocycles. The van der Waals surface area contributed by atoms with Gasteiger partial charge in [-0.3, -0.25) is 10.1 Å². The summed E-state index contributed by atoms with van der Waals surface area (Å²) in [5.74, 6) is -1.28. The van der Waals surface area contributed by atoms with Gasteiger partial charge in [0.25, 0.3) is 5.91 Å². The molecule has 3 N–H and O–H groups in total. The smallest absolute Gasteiger partial charge is 0.340 e. The Kier molecular flexibility index (Phi) is 5.46. The number of nitrogens with two attached hydrogens (primary N) is 1. The van der Waals surface area contributed by atoms with Crippen LogP contribution in [0.4, 0.5) is 10.8 Å². The van der Waals surface area contributed by atoms with E-state index in [-0.39, 0.29) is 21.3 Å². The number of nitrogen functional groups attached to an aromatic ring is 1. The van der Waals surface area contributed by atoms with Crippen molar-refractivity contribution in [1.82, 2.24) is 4.98 Å². The molecule has 0 spiro atoms. The minimum atomic E-state index is -0.784. The van der Waals surface area contributed by atoms with E-state index < -0.39 is 18.5 Å². The molecular weight excluding hydrogens is 361 g/mol.